The number of aromatic nitrogens is 1. The molecule has 0 atom stereocenters. The topological polar surface area (TPSA) is 92.5 Å². The third kappa shape index (κ3) is 3.73. The zero-order valence-electron chi connectivity index (χ0n) is 15.0. The zero-order chi connectivity index (χ0) is 19.6. The summed E-state index contributed by atoms with van der Waals surface area (Å²) >= 11 is 1.12. The molecular weight excluding hydrogens is 398 g/mol. The van der Waals surface area contributed by atoms with Crippen LogP contribution in [0.3, 0.4) is 0 Å². The minimum atomic E-state index is -3.64. The number of hydrogen-bond donors (Lipinski definition) is 1. The molecule has 0 bridgehead atoms. The van der Waals surface area contributed by atoms with Crippen molar-refractivity contribution in [2.24, 2.45) is 0 Å². The van der Waals surface area contributed by atoms with Crippen molar-refractivity contribution in [3.05, 3.63) is 58.6 Å². The summed E-state index contributed by atoms with van der Waals surface area (Å²) in [4.78, 5) is 17.2. The van der Waals surface area contributed by atoms with Crippen LogP contribution in [0.2, 0.25) is 0 Å². The largest absolute Gasteiger partial charge is 0.444 e. The molecule has 1 aliphatic rings. The Balaban J connectivity index is 1.46. The van der Waals surface area contributed by atoms with Crippen LogP contribution in [0.5, 0.6) is 0 Å². The standard InChI is InChI=1S/C19H19N3O4S2/c23-18(17-16(8-11-27-17)28(24,25)22-9-4-5-10-22)20-12-15-13-26-19(21-15)14-6-2-1-3-7-14/h1-3,6-8,11,13H,4-5,9-10,12H2,(H,20,23). The van der Waals surface area contributed by atoms with Crippen LogP contribution in [0.4, 0.5) is 0 Å². The van der Waals surface area contributed by atoms with Gasteiger partial charge in [0.1, 0.15) is 16.0 Å². The number of benzene rings is 1. The summed E-state index contributed by atoms with van der Waals surface area (Å²) in [6.45, 7) is 1.15. The molecule has 9 heteroatoms. The van der Waals surface area contributed by atoms with Gasteiger partial charge in [0.15, 0.2) is 0 Å². The Bertz CT molecular complexity index is 1070. The number of hydrogen-bond acceptors (Lipinski definition) is 6. The highest BCUT2D eigenvalue weighted by atomic mass is 32.2. The molecule has 0 radical (unpaired) electrons. The maximum atomic E-state index is 12.8. The van der Waals surface area contributed by atoms with Crippen molar-refractivity contribution in [2.75, 3.05) is 13.1 Å². The second-order valence-electron chi connectivity index (χ2n) is 6.42. The predicted molar refractivity (Wildman–Crippen MR) is 105 cm³/mol. The molecule has 1 amide bonds. The lowest BCUT2D eigenvalue weighted by Gasteiger charge is -2.15. The van der Waals surface area contributed by atoms with Gasteiger partial charge in [-0.15, -0.1) is 11.3 Å². The summed E-state index contributed by atoms with van der Waals surface area (Å²) in [7, 11) is -3.64. The third-order valence-corrected chi connectivity index (χ3v) is 7.50. The monoisotopic (exact) mass is 417 g/mol. The number of amides is 1. The Morgan fingerprint density at radius 3 is 2.68 bits per heavy atom. The first-order chi connectivity index (χ1) is 13.6. The van der Waals surface area contributed by atoms with E-state index in [2.05, 4.69) is 10.3 Å². The second-order valence-corrected chi connectivity index (χ2v) is 9.24. The third-order valence-electron chi connectivity index (χ3n) is 4.52. The SMILES string of the molecule is O=C(NCc1coc(-c2ccccc2)n1)c1sccc1S(=O)(=O)N1CCCC1. The highest BCUT2D eigenvalue weighted by Crippen LogP contribution is 2.27. The van der Waals surface area contributed by atoms with E-state index in [-0.39, 0.29) is 16.3 Å². The molecule has 28 heavy (non-hydrogen) atoms. The molecule has 2 aromatic heterocycles. The fraction of sp³-hybridized carbons (Fsp3) is 0.263. The number of thiophene rings is 1. The van der Waals surface area contributed by atoms with Crippen LogP contribution in [0, 0.1) is 0 Å². The molecule has 0 spiro atoms. The van der Waals surface area contributed by atoms with E-state index in [4.69, 9.17) is 4.42 Å². The van der Waals surface area contributed by atoms with Gasteiger partial charge in [0.2, 0.25) is 15.9 Å². The van der Waals surface area contributed by atoms with Crippen LogP contribution < -0.4 is 5.32 Å². The molecule has 1 saturated heterocycles. The first-order valence-corrected chi connectivity index (χ1v) is 11.2. The van der Waals surface area contributed by atoms with Gasteiger partial charge in [0, 0.05) is 18.7 Å². The van der Waals surface area contributed by atoms with Crippen molar-refractivity contribution in [3.8, 4) is 11.5 Å². The van der Waals surface area contributed by atoms with E-state index in [0.29, 0.717) is 24.7 Å². The molecule has 3 aromatic rings. The highest BCUT2D eigenvalue weighted by molar-refractivity contribution is 7.89. The summed E-state index contributed by atoms with van der Waals surface area (Å²) in [6, 6.07) is 10.9. The van der Waals surface area contributed by atoms with E-state index in [9.17, 15) is 13.2 Å². The molecule has 3 heterocycles. The Hall–Kier alpha value is -2.49. The average Bonchev–Trinajstić information content (AvgIpc) is 3.48. The maximum absolute atomic E-state index is 12.8. The van der Waals surface area contributed by atoms with Gasteiger partial charge in [-0.1, -0.05) is 18.2 Å². The summed E-state index contributed by atoms with van der Waals surface area (Å²) in [5.74, 6) is 0.0373. The van der Waals surface area contributed by atoms with E-state index in [0.717, 1.165) is 29.7 Å². The van der Waals surface area contributed by atoms with Crippen molar-refractivity contribution < 1.29 is 17.6 Å². The number of carbonyl (C=O) groups is 1. The molecule has 1 aliphatic heterocycles. The van der Waals surface area contributed by atoms with E-state index >= 15 is 0 Å². The summed E-state index contributed by atoms with van der Waals surface area (Å²) in [6.07, 6.45) is 3.18. The Kier molecular flexibility index (Phi) is 5.29. The van der Waals surface area contributed by atoms with E-state index < -0.39 is 15.9 Å². The predicted octanol–water partition coefficient (Wildman–Crippen LogP) is 3.12. The second kappa shape index (κ2) is 7.86. The highest BCUT2D eigenvalue weighted by Gasteiger charge is 2.31. The molecule has 0 aliphatic carbocycles. The van der Waals surface area contributed by atoms with Crippen molar-refractivity contribution >= 4 is 27.3 Å². The van der Waals surface area contributed by atoms with E-state index in [1.807, 2.05) is 30.3 Å². The van der Waals surface area contributed by atoms with Gasteiger partial charge in [-0.3, -0.25) is 4.79 Å². The van der Waals surface area contributed by atoms with Crippen LogP contribution in [-0.2, 0) is 16.6 Å². The first-order valence-electron chi connectivity index (χ1n) is 8.91. The van der Waals surface area contributed by atoms with Crippen LogP contribution in [0.15, 0.2) is 57.4 Å². The summed E-state index contributed by atoms with van der Waals surface area (Å²) < 4.78 is 32.5. The van der Waals surface area contributed by atoms with Gasteiger partial charge in [-0.05, 0) is 36.4 Å². The number of rotatable bonds is 6. The molecule has 1 N–H and O–H groups in total. The number of oxazole rings is 1. The van der Waals surface area contributed by atoms with Gasteiger partial charge in [0.05, 0.1) is 12.2 Å². The van der Waals surface area contributed by atoms with Crippen molar-refractivity contribution in [2.45, 2.75) is 24.3 Å². The van der Waals surface area contributed by atoms with Gasteiger partial charge in [-0.25, -0.2) is 13.4 Å². The first kappa shape index (κ1) is 18.9. The van der Waals surface area contributed by atoms with Gasteiger partial charge in [0.25, 0.3) is 5.91 Å². The molecule has 4 rings (SSSR count). The fourth-order valence-electron chi connectivity index (χ4n) is 3.09. The van der Waals surface area contributed by atoms with Gasteiger partial charge in [-0.2, -0.15) is 4.31 Å². The number of carbonyl (C=O) groups excluding carboxylic acids is 1. The fourth-order valence-corrected chi connectivity index (χ4v) is 5.92. The Labute approximate surface area is 167 Å². The summed E-state index contributed by atoms with van der Waals surface area (Å²) in [5.41, 5.74) is 1.41. The normalized spacial score (nSPS) is 15.0. The quantitative estimate of drug-likeness (QED) is 0.665. The van der Waals surface area contributed by atoms with Crippen molar-refractivity contribution in [1.82, 2.24) is 14.6 Å². The van der Waals surface area contributed by atoms with Crippen LogP contribution >= 0.6 is 11.3 Å². The van der Waals surface area contributed by atoms with Gasteiger partial charge < -0.3 is 9.73 Å². The van der Waals surface area contributed by atoms with Crippen LogP contribution in [0.1, 0.15) is 28.2 Å². The Morgan fingerprint density at radius 1 is 1.18 bits per heavy atom. The van der Waals surface area contributed by atoms with Gasteiger partial charge >= 0.3 is 0 Å². The summed E-state index contributed by atoms with van der Waals surface area (Å²) in [5, 5.41) is 4.36. The lowest BCUT2D eigenvalue weighted by Crippen LogP contribution is -2.30. The molecule has 0 unspecified atom stereocenters. The van der Waals surface area contributed by atoms with Crippen molar-refractivity contribution in [3.63, 3.8) is 0 Å². The molecule has 0 saturated carbocycles. The average molecular weight is 418 g/mol. The molecular formula is C19H19N3O4S2. The number of sulfonamides is 1. The lowest BCUT2D eigenvalue weighted by atomic mass is 10.2. The lowest BCUT2D eigenvalue weighted by molar-refractivity contribution is 0.0951. The molecule has 146 valence electrons. The molecule has 7 nitrogen and oxygen atoms in total. The van der Waals surface area contributed by atoms with Crippen molar-refractivity contribution in [1.29, 1.82) is 0 Å². The molecule has 1 aromatic carbocycles. The van der Waals surface area contributed by atoms with E-state index in [1.165, 1.54) is 16.6 Å². The minimum absolute atomic E-state index is 0.0713. The maximum Gasteiger partial charge on any atom is 0.263 e. The number of nitrogens with one attached hydrogen (secondary N) is 1. The van der Waals surface area contributed by atoms with Crippen LogP contribution in [-0.4, -0.2) is 36.7 Å². The smallest absolute Gasteiger partial charge is 0.263 e. The minimum Gasteiger partial charge on any atom is -0.444 e. The van der Waals surface area contributed by atoms with E-state index in [1.54, 1.807) is 5.38 Å². The molecule has 1 fully saturated rings. The van der Waals surface area contributed by atoms with Crippen LogP contribution in [0.25, 0.3) is 11.5 Å². The number of nitrogens with zero attached hydrogens (tertiary/aromatic N) is 2. The Morgan fingerprint density at radius 2 is 1.93 bits per heavy atom. The zero-order valence-corrected chi connectivity index (χ0v) is 16.6.